The first-order valence-electron chi connectivity index (χ1n) is 4.82. The van der Waals surface area contributed by atoms with Gasteiger partial charge >= 0.3 is 0 Å². The number of halogens is 1. The van der Waals surface area contributed by atoms with Gasteiger partial charge in [0, 0.05) is 26.2 Å². The summed E-state index contributed by atoms with van der Waals surface area (Å²) in [4.78, 5) is 4.03. The number of hydrogen-bond donors (Lipinski definition) is 2. The first kappa shape index (κ1) is 15.0. The minimum absolute atomic E-state index is 0. The average molecular weight is 335 g/mol. The Balaban J connectivity index is 0.00000225. The highest BCUT2D eigenvalue weighted by atomic mass is 127. The molecule has 1 rings (SSSR count). The lowest BCUT2D eigenvalue weighted by Gasteiger charge is -2.11. The molecule has 0 aliphatic carbocycles. The van der Waals surface area contributed by atoms with Crippen molar-refractivity contribution in [3.8, 4) is 5.75 Å². The zero-order chi connectivity index (χ0) is 11.1. The lowest BCUT2D eigenvalue weighted by molar-refractivity contribution is 0.409. The van der Waals surface area contributed by atoms with Gasteiger partial charge in [0.15, 0.2) is 5.96 Å². The van der Waals surface area contributed by atoms with E-state index in [0.717, 1.165) is 17.3 Å². The molecule has 16 heavy (non-hydrogen) atoms. The summed E-state index contributed by atoms with van der Waals surface area (Å²) in [6, 6.07) is 7.91. The van der Waals surface area contributed by atoms with Crippen LogP contribution in [-0.2, 0) is 6.54 Å². The Kier molecular flexibility index (Phi) is 7.70. The number of nitrogens with zero attached hydrogens (tertiary/aromatic N) is 1. The molecule has 0 saturated carbocycles. The molecule has 0 aliphatic rings. The minimum Gasteiger partial charge on any atom is -0.496 e. The van der Waals surface area contributed by atoms with E-state index in [-0.39, 0.29) is 24.0 Å². The van der Waals surface area contributed by atoms with Gasteiger partial charge in [-0.05, 0) is 6.07 Å². The minimum atomic E-state index is 0. The molecule has 1 aromatic carbocycles. The van der Waals surface area contributed by atoms with Crippen LogP contribution in [0.25, 0.3) is 0 Å². The maximum absolute atomic E-state index is 5.24. The van der Waals surface area contributed by atoms with E-state index in [4.69, 9.17) is 4.74 Å². The topological polar surface area (TPSA) is 45.7 Å². The molecule has 2 N–H and O–H groups in total. The van der Waals surface area contributed by atoms with Gasteiger partial charge in [-0.25, -0.2) is 0 Å². The van der Waals surface area contributed by atoms with E-state index < -0.39 is 0 Å². The summed E-state index contributed by atoms with van der Waals surface area (Å²) in [5.41, 5.74) is 1.11. The first-order valence-corrected chi connectivity index (χ1v) is 4.82. The highest BCUT2D eigenvalue weighted by molar-refractivity contribution is 14.0. The molecule has 5 heteroatoms. The fourth-order valence-corrected chi connectivity index (χ4v) is 1.31. The van der Waals surface area contributed by atoms with E-state index in [9.17, 15) is 0 Å². The van der Waals surface area contributed by atoms with Crippen molar-refractivity contribution >= 4 is 29.9 Å². The lowest BCUT2D eigenvalue weighted by Crippen LogP contribution is -2.34. The molecule has 0 fully saturated rings. The summed E-state index contributed by atoms with van der Waals surface area (Å²) < 4.78 is 5.24. The number of para-hydroxylation sites is 1. The fraction of sp³-hybridized carbons (Fsp3) is 0.364. The normalized spacial score (nSPS) is 10.3. The number of aliphatic imine (C=N–C) groups is 1. The second kappa shape index (κ2) is 8.20. The number of methoxy groups -OCH3 is 1. The largest absolute Gasteiger partial charge is 0.496 e. The average Bonchev–Trinajstić information content (AvgIpc) is 2.31. The van der Waals surface area contributed by atoms with Crippen molar-refractivity contribution in [2.75, 3.05) is 21.2 Å². The zero-order valence-electron chi connectivity index (χ0n) is 9.78. The molecular weight excluding hydrogens is 317 g/mol. The molecule has 0 unspecified atom stereocenters. The predicted molar refractivity (Wildman–Crippen MR) is 77.7 cm³/mol. The fourth-order valence-electron chi connectivity index (χ4n) is 1.31. The van der Waals surface area contributed by atoms with E-state index in [1.54, 1.807) is 14.2 Å². The maximum Gasteiger partial charge on any atom is 0.190 e. The van der Waals surface area contributed by atoms with E-state index in [0.29, 0.717) is 6.54 Å². The van der Waals surface area contributed by atoms with Crippen molar-refractivity contribution in [1.82, 2.24) is 10.6 Å². The van der Waals surface area contributed by atoms with Crippen LogP contribution in [-0.4, -0.2) is 27.2 Å². The molecule has 0 spiro atoms. The molecule has 0 heterocycles. The summed E-state index contributed by atoms with van der Waals surface area (Å²) in [5.74, 6) is 1.65. The molecule has 0 aromatic heterocycles. The van der Waals surface area contributed by atoms with Gasteiger partial charge in [0.2, 0.25) is 0 Å². The third-order valence-electron chi connectivity index (χ3n) is 2.10. The smallest absolute Gasteiger partial charge is 0.190 e. The monoisotopic (exact) mass is 335 g/mol. The van der Waals surface area contributed by atoms with Crippen molar-refractivity contribution in [3.05, 3.63) is 29.8 Å². The van der Waals surface area contributed by atoms with Crippen LogP contribution in [0.15, 0.2) is 29.3 Å². The van der Waals surface area contributed by atoms with Gasteiger partial charge in [-0.1, -0.05) is 18.2 Å². The van der Waals surface area contributed by atoms with E-state index in [1.807, 2.05) is 31.3 Å². The van der Waals surface area contributed by atoms with Gasteiger partial charge in [0.25, 0.3) is 0 Å². The Morgan fingerprint density at radius 2 is 2.06 bits per heavy atom. The third kappa shape index (κ3) is 4.26. The Bertz CT molecular complexity index is 342. The van der Waals surface area contributed by atoms with Crippen molar-refractivity contribution in [3.63, 3.8) is 0 Å². The Hall–Kier alpha value is -0.980. The summed E-state index contributed by atoms with van der Waals surface area (Å²) in [7, 11) is 5.24. The number of nitrogens with one attached hydrogen (secondary N) is 2. The quantitative estimate of drug-likeness (QED) is 0.501. The second-order valence-electron chi connectivity index (χ2n) is 2.99. The van der Waals surface area contributed by atoms with Gasteiger partial charge in [-0.15, -0.1) is 24.0 Å². The lowest BCUT2D eigenvalue weighted by atomic mass is 10.2. The standard InChI is InChI=1S/C11H17N3O.HI/c1-12-11(13-2)14-8-9-6-4-5-7-10(9)15-3;/h4-7H,8H2,1-3H3,(H2,12,13,14);1H. The summed E-state index contributed by atoms with van der Waals surface area (Å²) in [5, 5.41) is 6.13. The van der Waals surface area contributed by atoms with Crippen LogP contribution in [0.5, 0.6) is 5.75 Å². The van der Waals surface area contributed by atoms with Crippen molar-refractivity contribution < 1.29 is 4.74 Å². The molecule has 1 aromatic rings. The maximum atomic E-state index is 5.24. The highest BCUT2D eigenvalue weighted by Crippen LogP contribution is 2.16. The van der Waals surface area contributed by atoms with E-state index >= 15 is 0 Å². The molecule has 90 valence electrons. The summed E-state index contributed by atoms with van der Waals surface area (Å²) in [6.07, 6.45) is 0. The number of hydrogen-bond acceptors (Lipinski definition) is 2. The highest BCUT2D eigenvalue weighted by Gasteiger charge is 2.01. The van der Waals surface area contributed by atoms with E-state index in [2.05, 4.69) is 15.6 Å². The van der Waals surface area contributed by atoms with Crippen LogP contribution in [0.2, 0.25) is 0 Å². The zero-order valence-corrected chi connectivity index (χ0v) is 12.1. The third-order valence-corrected chi connectivity index (χ3v) is 2.10. The molecule has 0 amide bonds. The first-order chi connectivity index (χ1) is 7.31. The summed E-state index contributed by atoms with van der Waals surface area (Å²) in [6.45, 7) is 0.692. The summed E-state index contributed by atoms with van der Waals surface area (Å²) >= 11 is 0. The van der Waals surface area contributed by atoms with Crippen LogP contribution in [0.1, 0.15) is 5.56 Å². The van der Waals surface area contributed by atoms with Gasteiger partial charge in [-0.3, -0.25) is 4.99 Å². The molecular formula is C11H18IN3O. The Morgan fingerprint density at radius 3 is 2.62 bits per heavy atom. The van der Waals surface area contributed by atoms with Gasteiger partial charge < -0.3 is 15.4 Å². The second-order valence-corrected chi connectivity index (χ2v) is 2.99. The van der Waals surface area contributed by atoms with Gasteiger partial charge in [0.05, 0.1) is 7.11 Å². The van der Waals surface area contributed by atoms with Crippen LogP contribution in [0.3, 0.4) is 0 Å². The predicted octanol–water partition coefficient (Wildman–Crippen LogP) is 1.61. The Morgan fingerprint density at radius 1 is 1.38 bits per heavy atom. The van der Waals surface area contributed by atoms with Crippen LogP contribution in [0, 0.1) is 0 Å². The van der Waals surface area contributed by atoms with Crippen LogP contribution in [0.4, 0.5) is 0 Å². The molecule has 0 saturated heterocycles. The Labute approximate surface area is 114 Å². The number of guanidine groups is 1. The molecule has 0 atom stereocenters. The number of ether oxygens (including phenoxy) is 1. The molecule has 0 bridgehead atoms. The van der Waals surface area contributed by atoms with Gasteiger partial charge in [-0.2, -0.15) is 0 Å². The SMILES string of the molecule is CN=C(NC)NCc1ccccc1OC.I. The number of benzene rings is 1. The molecule has 0 aliphatic heterocycles. The van der Waals surface area contributed by atoms with Crippen molar-refractivity contribution in [1.29, 1.82) is 0 Å². The van der Waals surface area contributed by atoms with E-state index in [1.165, 1.54) is 0 Å². The van der Waals surface area contributed by atoms with Crippen molar-refractivity contribution in [2.24, 2.45) is 4.99 Å². The molecule has 4 nitrogen and oxygen atoms in total. The molecule has 0 radical (unpaired) electrons. The van der Waals surface area contributed by atoms with Gasteiger partial charge in [0.1, 0.15) is 5.75 Å². The van der Waals surface area contributed by atoms with Crippen LogP contribution >= 0.6 is 24.0 Å². The number of rotatable bonds is 3. The van der Waals surface area contributed by atoms with Crippen LogP contribution < -0.4 is 15.4 Å². The van der Waals surface area contributed by atoms with Crippen molar-refractivity contribution in [2.45, 2.75) is 6.54 Å².